The fourth-order valence-electron chi connectivity index (χ4n) is 3.23. The van der Waals surface area contributed by atoms with Crippen LogP contribution in [0.3, 0.4) is 0 Å². The minimum absolute atomic E-state index is 0.142. The number of amides is 3. The summed E-state index contributed by atoms with van der Waals surface area (Å²) in [6.45, 7) is 1.28. The predicted molar refractivity (Wildman–Crippen MR) is 130 cm³/mol. The molecule has 0 bridgehead atoms. The van der Waals surface area contributed by atoms with Gasteiger partial charge in [-0.3, -0.25) is 4.79 Å². The number of urea groups is 1. The van der Waals surface area contributed by atoms with Gasteiger partial charge in [-0.15, -0.1) is 0 Å². The van der Waals surface area contributed by atoms with Crippen molar-refractivity contribution in [1.29, 1.82) is 0 Å². The standard InChI is InChI=1S/C25H27ClN4O2/c1-29(2)17-19-6-4-5-18(15-19)16-27-25(32)28-22-11-13-23(14-12-22)30(3)24(31)20-7-9-21(26)10-8-20/h4-15H,16-17H2,1-3H3,(H2,27,28,32). The first-order valence-corrected chi connectivity index (χ1v) is 10.6. The monoisotopic (exact) mass is 450 g/mol. The van der Waals surface area contributed by atoms with Crippen LogP contribution in [0.4, 0.5) is 16.2 Å². The number of benzene rings is 3. The van der Waals surface area contributed by atoms with Crippen molar-refractivity contribution in [2.45, 2.75) is 13.1 Å². The minimum Gasteiger partial charge on any atom is -0.334 e. The Kier molecular flexibility index (Phi) is 7.87. The molecule has 0 unspecified atom stereocenters. The first-order chi connectivity index (χ1) is 15.3. The third-order valence-corrected chi connectivity index (χ3v) is 5.10. The second-order valence-electron chi connectivity index (χ2n) is 7.78. The molecule has 0 aliphatic heterocycles. The molecule has 2 N–H and O–H groups in total. The molecule has 0 atom stereocenters. The molecule has 0 saturated heterocycles. The van der Waals surface area contributed by atoms with Crippen LogP contribution in [0.25, 0.3) is 0 Å². The van der Waals surface area contributed by atoms with Crippen LogP contribution in [0.1, 0.15) is 21.5 Å². The van der Waals surface area contributed by atoms with Crippen molar-refractivity contribution < 1.29 is 9.59 Å². The molecule has 0 fully saturated rings. The molecule has 0 aliphatic carbocycles. The summed E-state index contributed by atoms with van der Waals surface area (Å²) in [4.78, 5) is 28.6. The van der Waals surface area contributed by atoms with Crippen LogP contribution < -0.4 is 15.5 Å². The number of carbonyl (C=O) groups excluding carboxylic acids is 2. The molecule has 0 aromatic heterocycles. The topological polar surface area (TPSA) is 64.7 Å². The van der Waals surface area contributed by atoms with E-state index in [4.69, 9.17) is 11.6 Å². The van der Waals surface area contributed by atoms with Gasteiger partial charge in [-0.25, -0.2) is 4.79 Å². The van der Waals surface area contributed by atoms with Crippen LogP contribution in [-0.2, 0) is 13.1 Å². The summed E-state index contributed by atoms with van der Waals surface area (Å²) in [5.41, 5.74) is 4.14. The summed E-state index contributed by atoms with van der Waals surface area (Å²) >= 11 is 5.89. The van der Waals surface area contributed by atoms with E-state index in [1.807, 2.05) is 26.2 Å². The van der Waals surface area contributed by atoms with E-state index in [1.165, 1.54) is 5.56 Å². The summed E-state index contributed by atoms with van der Waals surface area (Å²) < 4.78 is 0. The van der Waals surface area contributed by atoms with Gasteiger partial charge in [-0.2, -0.15) is 0 Å². The van der Waals surface area contributed by atoms with E-state index < -0.39 is 0 Å². The molecule has 3 amide bonds. The quantitative estimate of drug-likeness (QED) is 0.532. The number of anilines is 2. The number of nitrogens with zero attached hydrogens (tertiary/aromatic N) is 2. The van der Waals surface area contributed by atoms with E-state index in [0.29, 0.717) is 28.5 Å². The highest BCUT2D eigenvalue weighted by atomic mass is 35.5. The number of hydrogen-bond acceptors (Lipinski definition) is 3. The van der Waals surface area contributed by atoms with E-state index in [-0.39, 0.29) is 11.9 Å². The molecule has 3 aromatic rings. The molecule has 0 radical (unpaired) electrons. The molecule has 0 spiro atoms. The van der Waals surface area contributed by atoms with E-state index in [2.05, 4.69) is 27.7 Å². The first kappa shape index (κ1) is 23.3. The maximum absolute atomic E-state index is 12.6. The normalized spacial score (nSPS) is 10.7. The van der Waals surface area contributed by atoms with Crippen molar-refractivity contribution in [2.75, 3.05) is 31.4 Å². The Labute approximate surface area is 193 Å². The molecular formula is C25H27ClN4O2. The minimum atomic E-state index is -0.290. The van der Waals surface area contributed by atoms with Crippen LogP contribution in [0, 0.1) is 0 Å². The van der Waals surface area contributed by atoms with Gasteiger partial charge in [-0.1, -0.05) is 35.9 Å². The molecular weight excluding hydrogens is 424 g/mol. The zero-order valence-electron chi connectivity index (χ0n) is 18.4. The number of nitrogens with one attached hydrogen (secondary N) is 2. The highest BCUT2D eigenvalue weighted by molar-refractivity contribution is 6.30. The lowest BCUT2D eigenvalue weighted by Gasteiger charge is -2.18. The Bertz CT molecular complexity index is 1070. The van der Waals surface area contributed by atoms with Crippen LogP contribution in [-0.4, -0.2) is 38.0 Å². The first-order valence-electron chi connectivity index (χ1n) is 10.2. The largest absolute Gasteiger partial charge is 0.334 e. The van der Waals surface area contributed by atoms with Crippen LogP contribution in [0.2, 0.25) is 5.02 Å². The average Bonchev–Trinajstić information content (AvgIpc) is 2.77. The third kappa shape index (κ3) is 6.57. The second kappa shape index (κ2) is 10.8. The predicted octanol–water partition coefficient (Wildman–Crippen LogP) is 5.00. The van der Waals surface area contributed by atoms with Crippen LogP contribution in [0.15, 0.2) is 72.8 Å². The van der Waals surface area contributed by atoms with Gasteiger partial charge >= 0.3 is 6.03 Å². The molecule has 0 heterocycles. The van der Waals surface area contributed by atoms with Crippen LogP contribution in [0.5, 0.6) is 0 Å². The Morgan fingerprint density at radius 2 is 1.53 bits per heavy atom. The summed E-state index contributed by atoms with van der Waals surface area (Å²) in [7, 11) is 5.75. The zero-order valence-corrected chi connectivity index (χ0v) is 19.2. The molecule has 7 heteroatoms. The van der Waals surface area contributed by atoms with Gasteiger partial charge in [0.15, 0.2) is 0 Å². The summed E-state index contributed by atoms with van der Waals surface area (Å²) in [5, 5.41) is 6.27. The summed E-state index contributed by atoms with van der Waals surface area (Å²) in [6.07, 6.45) is 0. The van der Waals surface area contributed by atoms with E-state index >= 15 is 0 Å². The fourth-order valence-corrected chi connectivity index (χ4v) is 3.36. The van der Waals surface area contributed by atoms with E-state index in [9.17, 15) is 9.59 Å². The molecule has 0 saturated carbocycles. The van der Waals surface area contributed by atoms with Gasteiger partial charge in [-0.05, 0) is 73.8 Å². The molecule has 0 aliphatic rings. The summed E-state index contributed by atoms with van der Waals surface area (Å²) in [5.74, 6) is -0.142. The van der Waals surface area contributed by atoms with Gasteiger partial charge < -0.3 is 20.4 Å². The van der Waals surface area contributed by atoms with E-state index in [0.717, 1.165) is 12.1 Å². The van der Waals surface area contributed by atoms with Gasteiger partial charge in [0.05, 0.1) is 0 Å². The van der Waals surface area contributed by atoms with Gasteiger partial charge in [0.2, 0.25) is 0 Å². The average molecular weight is 451 g/mol. The maximum atomic E-state index is 12.6. The molecule has 3 rings (SSSR count). The Hall–Kier alpha value is -3.35. The number of halogens is 1. The Morgan fingerprint density at radius 1 is 0.875 bits per heavy atom. The highest BCUT2D eigenvalue weighted by Gasteiger charge is 2.13. The summed E-state index contributed by atoms with van der Waals surface area (Å²) in [6, 6.07) is 21.7. The Morgan fingerprint density at radius 3 is 2.19 bits per heavy atom. The number of carbonyl (C=O) groups is 2. The van der Waals surface area contributed by atoms with Crippen molar-refractivity contribution in [1.82, 2.24) is 10.2 Å². The van der Waals surface area contributed by atoms with Gasteiger partial charge in [0, 0.05) is 42.1 Å². The van der Waals surface area contributed by atoms with Crippen molar-refractivity contribution >= 4 is 34.9 Å². The van der Waals surface area contributed by atoms with Gasteiger partial charge in [0.1, 0.15) is 0 Å². The Balaban J connectivity index is 1.54. The number of rotatable bonds is 7. The second-order valence-corrected chi connectivity index (χ2v) is 8.22. The maximum Gasteiger partial charge on any atom is 0.319 e. The van der Waals surface area contributed by atoms with Crippen LogP contribution >= 0.6 is 11.6 Å². The zero-order chi connectivity index (χ0) is 23.1. The van der Waals surface area contributed by atoms with Crippen molar-refractivity contribution in [3.05, 3.63) is 94.5 Å². The molecule has 6 nitrogen and oxygen atoms in total. The van der Waals surface area contributed by atoms with Crippen molar-refractivity contribution in [3.8, 4) is 0 Å². The third-order valence-electron chi connectivity index (χ3n) is 4.85. The lowest BCUT2D eigenvalue weighted by atomic mass is 10.1. The smallest absolute Gasteiger partial charge is 0.319 e. The lowest BCUT2D eigenvalue weighted by Crippen LogP contribution is -2.28. The molecule has 166 valence electrons. The highest BCUT2D eigenvalue weighted by Crippen LogP contribution is 2.20. The molecule has 3 aromatic carbocycles. The molecule has 32 heavy (non-hydrogen) atoms. The van der Waals surface area contributed by atoms with Gasteiger partial charge in [0.25, 0.3) is 5.91 Å². The number of hydrogen-bond donors (Lipinski definition) is 2. The van der Waals surface area contributed by atoms with Crippen molar-refractivity contribution in [2.24, 2.45) is 0 Å². The SMILES string of the molecule is CN(C)Cc1cccc(CNC(=O)Nc2ccc(N(C)C(=O)c3ccc(Cl)cc3)cc2)c1. The van der Waals surface area contributed by atoms with E-state index in [1.54, 1.807) is 60.5 Å². The van der Waals surface area contributed by atoms with Crippen molar-refractivity contribution in [3.63, 3.8) is 0 Å². The lowest BCUT2D eigenvalue weighted by molar-refractivity contribution is 0.0993. The fraction of sp³-hybridized carbons (Fsp3) is 0.200.